The Morgan fingerprint density at radius 3 is 2.88 bits per heavy atom. The van der Waals surface area contributed by atoms with Gasteiger partial charge in [0.25, 0.3) is 0 Å². The van der Waals surface area contributed by atoms with E-state index in [1.807, 2.05) is 12.1 Å². The summed E-state index contributed by atoms with van der Waals surface area (Å²) in [6.45, 7) is 2.06. The maximum atomic E-state index is 12.5. The molecular formula is C22H24N2O. The number of nitrogens with one attached hydrogen (secondary N) is 1. The fourth-order valence-corrected chi connectivity index (χ4v) is 4.14. The van der Waals surface area contributed by atoms with E-state index in [-0.39, 0.29) is 11.9 Å². The van der Waals surface area contributed by atoms with Crippen molar-refractivity contribution in [1.29, 1.82) is 0 Å². The summed E-state index contributed by atoms with van der Waals surface area (Å²) in [6, 6.07) is 17.0. The third kappa shape index (κ3) is 3.07. The van der Waals surface area contributed by atoms with Gasteiger partial charge in [0.15, 0.2) is 0 Å². The summed E-state index contributed by atoms with van der Waals surface area (Å²) in [7, 11) is 2.15. The lowest BCUT2D eigenvalue weighted by molar-refractivity contribution is -0.121. The van der Waals surface area contributed by atoms with E-state index in [4.69, 9.17) is 0 Å². The van der Waals surface area contributed by atoms with Crippen LogP contribution in [0.25, 0.3) is 10.9 Å². The highest BCUT2D eigenvalue weighted by molar-refractivity contribution is 5.86. The zero-order chi connectivity index (χ0) is 17.4. The van der Waals surface area contributed by atoms with Crippen molar-refractivity contribution in [3.05, 3.63) is 70.9 Å². The minimum Gasteiger partial charge on any atom is -0.353 e. The number of carbonyl (C=O) groups excluding carboxylic acids is 1. The Morgan fingerprint density at radius 1 is 1.20 bits per heavy atom. The molecule has 2 aromatic carbocycles. The van der Waals surface area contributed by atoms with E-state index in [9.17, 15) is 4.79 Å². The molecule has 1 atom stereocenters. The van der Waals surface area contributed by atoms with Gasteiger partial charge in [-0.15, -0.1) is 0 Å². The maximum absolute atomic E-state index is 12.5. The number of benzene rings is 2. The van der Waals surface area contributed by atoms with Gasteiger partial charge in [0.05, 0.1) is 6.42 Å². The van der Waals surface area contributed by atoms with Crippen molar-refractivity contribution in [3.63, 3.8) is 0 Å². The quantitative estimate of drug-likeness (QED) is 0.779. The molecule has 1 aromatic heterocycles. The van der Waals surface area contributed by atoms with Gasteiger partial charge in [-0.05, 0) is 43.4 Å². The summed E-state index contributed by atoms with van der Waals surface area (Å²) in [5, 5.41) is 4.58. The number of fused-ring (bicyclic) bond motifs is 3. The summed E-state index contributed by atoms with van der Waals surface area (Å²) in [6.07, 6.45) is 3.42. The summed E-state index contributed by atoms with van der Waals surface area (Å²) >= 11 is 0. The monoisotopic (exact) mass is 332 g/mol. The Balaban J connectivity index is 1.49. The first-order chi connectivity index (χ1) is 12.1. The van der Waals surface area contributed by atoms with Crippen molar-refractivity contribution in [2.75, 3.05) is 0 Å². The lowest BCUT2D eigenvalue weighted by atomic mass is 9.91. The normalized spacial score (nSPS) is 16.6. The van der Waals surface area contributed by atoms with Gasteiger partial charge >= 0.3 is 0 Å². The van der Waals surface area contributed by atoms with Crippen molar-refractivity contribution in [2.24, 2.45) is 7.05 Å². The number of aryl methyl sites for hydroxylation is 2. The largest absolute Gasteiger partial charge is 0.353 e. The van der Waals surface area contributed by atoms with Crippen molar-refractivity contribution in [3.8, 4) is 0 Å². The molecule has 0 fully saturated rings. The summed E-state index contributed by atoms with van der Waals surface area (Å²) < 4.78 is 2.31. The average Bonchev–Trinajstić information content (AvgIpc) is 2.88. The molecule has 1 aliphatic rings. The molecule has 25 heavy (non-hydrogen) atoms. The van der Waals surface area contributed by atoms with E-state index < -0.39 is 0 Å². The van der Waals surface area contributed by atoms with Crippen LogP contribution in [0.5, 0.6) is 0 Å². The van der Waals surface area contributed by atoms with Gasteiger partial charge in [0, 0.05) is 29.7 Å². The van der Waals surface area contributed by atoms with Crippen molar-refractivity contribution in [1.82, 2.24) is 9.88 Å². The highest BCUT2D eigenvalue weighted by Gasteiger charge is 2.25. The minimum atomic E-state index is 0.124. The van der Waals surface area contributed by atoms with E-state index in [1.54, 1.807) is 0 Å². The van der Waals surface area contributed by atoms with Crippen LogP contribution < -0.4 is 5.32 Å². The van der Waals surface area contributed by atoms with Crippen LogP contribution in [0.2, 0.25) is 0 Å². The van der Waals surface area contributed by atoms with Gasteiger partial charge in [0.2, 0.25) is 5.91 Å². The third-order valence-corrected chi connectivity index (χ3v) is 5.34. The van der Waals surface area contributed by atoms with E-state index >= 15 is 0 Å². The van der Waals surface area contributed by atoms with Crippen molar-refractivity contribution >= 4 is 16.8 Å². The SMILES string of the molecule is Cc1cccc(CC(=O)NC2CCc3c(c4ccccc4n3C)C2)c1. The molecule has 3 nitrogen and oxygen atoms in total. The molecule has 0 bridgehead atoms. The molecule has 3 heteroatoms. The van der Waals surface area contributed by atoms with Crippen LogP contribution in [0.15, 0.2) is 48.5 Å². The Kier molecular flexibility index (Phi) is 4.08. The standard InChI is InChI=1S/C22H24N2O/c1-15-6-5-7-16(12-15)13-22(25)23-17-10-11-21-19(14-17)18-8-3-4-9-20(18)24(21)2/h3-9,12,17H,10-11,13-14H2,1-2H3,(H,23,25). The molecule has 1 heterocycles. The summed E-state index contributed by atoms with van der Waals surface area (Å²) in [5.74, 6) is 0.124. The minimum absolute atomic E-state index is 0.124. The number of amides is 1. The topological polar surface area (TPSA) is 34.0 Å². The van der Waals surface area contributed by atoms with Gasteiger partial charge < -0.3 is 9.88 Å². The number of nitrogens with zero attached hydrogens (tertiary/aromatic N) is 1. The number of carbonyl (C=O) groups is 1. The fraction of sp³-hybridized carbons (Fsp3) is 0.318. The van der Waals surface area contributed by atoms with E-state index in [0.29, 0.717) is 6.42 Å². The zero-order valence-corrected chi connectivity index (χ0v) is 14.9. The Morgan fingerprint density at radius 2 is 2.04 bits per heavy atom. The van der Waals surface area contributed by atoms with Gasteiger partial charge in [-0.2, -0.15) is 0 Å². The number of hydrogen-bond acceptors (Lipinski definition) is 1. The fourth-order valence-electron chi connectivity index (χ4n) is 4.14. The zero-order valence-electron chi connectivity index (χ0n) is 14.9. The Hall–Kier alpha value is -2.55. The first kappa shape index (κ1) is 15.9. The highest BCUT2D eigenvalue weighted by atomic mass is 16.1. The molecule has 1 unspecified atom stereocenters. The van der Waals surface area contributed by atoms with E-state index in [0.717, 1.165) is 24.8 Å². The van der Waals surface area contributed by atoms with Crippen LogP contribution in [0.3, 0.4) is 0 Å². The molecule has 128 valence electrons. The second-order valence-corrected chi connectivity index (χ2v) is 7.17. The lowest BCUT2D eigenvalue weighted by Gasteiger charge is -2.24. The van der Waals surface area contributed by atoms with Crippen LogP contribution in [0.4, 0.5) is 0 Å². The molecule has 4 rings (SSSR count). The summed E-state index contributed by atoms with van der Waals surface area (Å²) in [5.41, 5.74) is 6.40. The smallest absolute Gasteiger partial charge is 0.224 e. The number of hydrogen-bond donors (Lipinski definition) is 1. The van der Waals surface area contributed by atoms with E-state index in [2.05, 4.69) is 60.3 Å². The molecule has 3 aromatic rings. The van der Waals surface area contributed by atoms with Crippen molar-refractivity contribution in [2.45, 2.75) is 38.6 Å². The molecule has 0 saturated heterocycles. The van der Waals surface area contributed by atoms with Gasteiger partial charge in [-0.25, -0.2) is 0 Å². The molecule has 0 aliphatic heterocycles. The van der Waals surface area contributed by atoms with Crippen LogP contribution in [0, 0.1) is 6.92 Å². The van der Waals surface area contributed by atoms with Gasteiger partial charge in [0.1, 0.15) is 0 Å². The Bertz CT molecular complexity index is 938. The van der Waals surface area contributed by atoms with Crippen LogP contribution in [-0.2, 0) is 31.1 Å². The second-order valence-electron chi connectivity index (χ2n) is 7.17. The molecule has 0 spiro atoms. The van der Waals surface area contributed by atoms with Crippen LogP contribution in [-0.4, -0.2) is 16.5 Å². The lowest BCUT2D eigenvalue weighted by Crippen LogP contribution is -2.39. The number of rotatable bonds is 3. The second kappa shape index (κ2) is 6.40. The molecule has 0 saturated carbocycles. The predicted octanol–water partition coefficient (Wildman–Crippen LogP) is 3.70. The van der Waals surface area contributed by atoms with Crippen LogP contribution >= 0.6 is 0 Å². The van der Waals surface area contributed by atoms with Gasteiger partial charge in [-0.3, -0.25) is 4.79 Å². The summed E-state index contributed by atoms with van der Waals surface area (Å²) in [4.78, 5) is 12.5. The first-order valence-electron chi connectivity index (χ1n) is 9.02. The highest BCUT2D eigenvalue weighted by Crippen LogP contribution is 2.31. The first-order valence-corrected chi connectivity index (χ1v) is 9.02. The third-order valence-electron chi connectivity index (χ3n) is 5.34. The predicted molar refractivity (Wildman–Crippen MR) is 102 cm³/mol. The molecule has 1 amide bonds. The number of aromatic nitrogens is 1. The van der Waals surface area contributed by atoms with Crippen molar-refractivity contribution < 1.29 is 4.79 Å². The average molecular weight is 332 g/mol. The Labute approximate surface area is 148 Å². The van der Waals surface area contributed by atoms with Crippen LogP contribution in [0.1, 0.15) is 28.8 Å². The molecule has 1 N–H and O–H groups in total. The number of para-hydroxylation sites is 1. The molecule has 0 radical (unpaired) electrons. The van der Waals surface area contributed by atoms with E-state index in [1.165, 1.54) is 27.7 Å². The molecular weight excluding hydrogens is 308 g/mol. The maximum Gasteiger partial charge on any atom is 0.224 e. The molecule has 1 aliphatic carbocycles. The van der Waals surface area contributed by atoms with Gasteiger partial charge in [-0.1, -0.05) is 48.0 Å².